The molecule has 2 aromatic carbocycles. The monoisotopic (exact) mass is 595 g/mol. The number of hydrogen-bond donors (Lipinski definition) is 2. The van der Waals surface area contributed by atoms with Gasteiger partial charge in [0.15, 0.2) is 0 Å². The van der Waals surface area contributed by atoms with E-state index >= 15 is 0 Å². The number of hydrogen-bond acceptors (Lipinski definition) is 4. The van der Waals surface area contributed by atoms with Crippen LogP contribution < -0.4 is 5.73 Å². The van der Waals surface area contributed by atoms with Crippen molar-refractivity contribution < 1.29 is 19.5 Å². The topological polar surface area (TPSA) is 104 Å². The van der Waals surface area contributed by atoms with Crippen molar-refractivity contribution in [2.24, 2.45) is 16.6 Å². The summed E-state index contributed by atoms with van der Waals surface area (Å²) in [5.41, 5.74) is 9.48. The van der Waals surface area contributed by atoms with Crippen LogP contribution in [0.1, 0.15) is 87.2 Å². The Labute approximate surface area is 260 Å². The second-order valence-corrected chi connectivity index (χ2v) is 14.3. The van der Waals surface area contributed by atoms with Crippen LogP contribution in [-0.4, -0.2) is 64.4 Å². The number of amides is 2. The summed E-state index contributed by atoms with van der Waals surface area (Å²) in [6.45, 7) is 8.97. The van der Waals surface area contributed by atoms with Gasteiger partial charge in [0.2, 0.25) is 11.8 Å². The first kappa shape index (κ1) is 30.3. The van der Waals surface area contributed by atoms with Gasteiger partial charge in [-0.15, -0.1) is 0 Å². The van der Waals surface area contributed by atoms with E-state index in [1.54, 1.807) is 12.1 Å². The van der Waals surface area contributed by atoms with Gasteiger partial charge in [-0.1, -0.05) is 93.8 Å². The van der Waals surface area contributed by atoms with Gasteiger partial charge in [0, 0.05) is 37.0 Å². The predicted molar refractivity (Wildman–Crippen MR) is 172 cm³/mol. The Hall–Kier alpha value is -3.71. The fraction of sp³-hybridized carbons (Fsp3) is 0.486. The summed E-state index contributed by atoms with van der Waals surface area (Å²) in [6, 6.07) is 17.3. The average molecular weight is 596 g/mol. The highest BCUT2D eigenvalue weighted by Crippen LogP contribution is 2.55. The number of benzene rings is 2. The lowest BCUT2D eigenvalue weighted by Crippen LogP contribution is -2.60. The van der Waals surface area contributed by atoms with E-state index in [2.05, 4.69) is 45.1 Å². The normalized spacial score (nSPS) is 25.5. The van der Waals surface area contributed by atoms with E-state index in [9.17, 15) is 19.5 Å². The minimum atomic E-state index is -0.927. The summed E-state index contributed by atoms with van der Waals surface area (Å²) in [7, 11) is 0. The third kappa shape index (κ3) is 4.99. The van der Waals surface area contributed by atoms with Gasteiger partial charge >= 0.3 is 5.97 Å². The van der Waals surface area contributed by atoms with Crippen molar-refractivity contribution >= 4 is 23.4 Å². The van der Waals surface area contributed by atoms with Gasteiger partial charge in [-0.3, -0.25) is 9.59 Å². The molecule has 6 rings (SSSR count). The van der Waals surface area contributed by atoms with Crippen molar-refractivity contribution in [3.63, 3.8) is 0 Å². The number of allylic oxidation sites excluding steroid dienone is 2. The zero-order valence-electron chi connectivity index (χ0n) is 26.3. The molecule has 7 nitrogen and oxygen atoms in total. The second kappa shape index (κ2) is 11.0. The Morgan fingerprint density at radius 1 is 0.795 bits per heavy atom. The third-order valence-corrected chi connectivity index (χ3v) is 11.1. The summed E-state index contributed by atoms with van der Waals surface area (Å²) in [4.78, 5) is 43.5. The van der Waals surface area contributed by atoms with Gasteiger partial charge in [0.25, 0.3) is 0 Å². The molecule has 3 N–H and O–H groups in total. The molecule has 44 heavy (non-hydrogen) atoms. The summed E-state index contributed by atoms with van der Waals surface area (Å²) in [5.74, 6) is -0.734. The Morgan fingerprint density at radius 2 is 1.43 bits per heavy atom. The summed E-state index contributed by atoms with van der Waals surface area (Å²) < 4.78 is 0. The molecule has 0 bridgehead atoms. The maximum atomic E-state index is 14.7. The maximum absolute atomic E-state index is 14.7. The first-order chi connectivity index (χ1) is 20.9. The molecule has 1 saturated heterocycles. The molecule has 0 spiro atoms. The molecular weight excluding hydrogens is 550 g/mol. The molecule has 2 aromatic rings. The molecule has 2 amide bonds. The number of carbonyl (C=O) groups excluding carboxylic acids is 2. The Kier molecular flexibility index (Phi) is 7.60. The molecule has 2 aliphatic heterocycles. The van der Waals surface area contributed by atoms with Crippen LogP contribution in [0.5, 0.6) is 0 Å². The number of rotatable bonds is 5. The largest absolute Gasteiger partial charge is 0.478 e. The standard InChI is InChI=1S/C37H45N3O4/c1-34(2)29(26-11-13-27(14-12-26)31(41)42)15-19-35(3)25-40(22-16-30(34)35)32(43)36(28-9-5-4-6-10-28)20-23-39(24-21-36)33(44)37(38)17-7-8-18-37/h4-6,9-16H,7-8,17-25,38H2,1-3H3,(H,41,42)/t35-/m1/s1. The fourth-order valence-corrected chi connectivity index (χ4v) is 8.67. The first-order valence-corrected chi connectivity index (χ1v) is 16.1. The summed E-state index contributed by atoms with van der Waals surface area (Å²) in [6.07, 6.45) is 9.98. The molecule has 4 aliphatic rings. The quantitative estimate of drug-likeness (QED) is 0.425. The number of nitrogens with zero attached hydrogens (tertiary/aromatic N) is 2. The van der Waals surface area contributed by atoms with Crippen molar-refractivity contribution in [3.8, 4) is 0 Å². The number of carbonyl (C=O) groups is 3. The highest BCUT2D eigenvalue weighted by molar-refractivity contribution is 5.91. The molecule has 0 unspecified atom stereocenters. The number of carboxylic acids is 1. The fourth-order valence-electron chi connectivity index (χ4n) is 8.67. The Balaban J connectivity index is 1.25. The first-order valence-electron chi connectivity index (χ1n) is 16.1. The van der Waals surface area contributed by atoms with E-state index in [0.29, 0.717) is 39.0 Å². The molecule has 1 saturated carbocycles. The van der Waals surface area contributed by atoms with Crippen molar-refractivity contribution in [3.05, 3.63) is 89.0 Å². The number of aromatic carboxylic acids is 1. The van der Waals surface area contributed by atoms with Crippen LogP contribution in [-0.2, 0) is 15.0 Å². The van der Waals surface area contributed by atoms with Crippen molar-refractivity contribution in [2.75, 3.05) is 26.2 Å². The molecule has 0 radical (unpaired) electrons. The number of nitrogens with two attached hydrogens (primary N) is 1. The van der Waals surface area contributed by atoms with Gasteiger partial charge < -0.3 is 20.6 Å². The number of likely N-dealkylation sites (tertiary alicyclic amines) is 1. The Morgan fingerprint density at radius 3 is 2.05 bits per heavy atom. The molecule has 7 heteroatoms. The molecule has 2 fully saturated rings. The van der Waals surface area contributed by atoms with Crippen LogP contribution in [0, 0.1) is 10.8 Å². The van der Waals surface area contributed by atoms with Gasteiger partial charge in [-0.05, 0) is 60.9 Å². The minimum absolute atomic E-state index is 0.0480. The lowest BCUT2D eigenvalue weighted by molar-refractivity contribution is -0.146. The highest BCUT2D eigenvalue weighted by atomic mass is 16.4. The maximum Gasteiger partial charge on any atom is 0.335 e. The molecule has 2 heterocycles. The molecule has 1 atom stereocenters. The second-order valence-electron chi connectivity index (χ2n) is 14.3. The minimum Gasteiger partial charge on any atom is -0.478 e. The van der Waals surface area contributed by atoms with Crippen LogP contribution in [0.3, 0.4) is 0 Å². The van der Waals surface area contributed by atoms with Crippen LogP contribution >= 0.6 is 0 Å². The van der Waals surface area contributed by atoms with Gasteiger partial charge in [0.05, 0.1) is 16.5 Å². The Bertz CT molecular complexity index is 1510. The van der Waals surface area contributed by atoms with E-state index in [1.807, 2.05) is 40.1 Å². The molecule has 2 aliphatic carbocycles. The van der Waals surface area contributed by atoms with Crippen molar-refractivity contribution in [2.45, 2.75) is 76.7 Å². The molecule has 0 aromatic heterocycles. The van der Waals surface area contributed by atoms with E-state index in [1.165, 1.54) is 11.1 Å². The molecular formula is C37H45N3O4. The van der Waals surface area contributed by atoms with E-state index in [0.717, 1.165) is 43.2 Å². The lowest BCUT2D eigenvalue weighted by atomic mass is 9.58. The zero-order chi connectivity index (χ0) is 31.3. The number of fused-ring (bicyclic) bond motifs is 1. The van der Waals surface area contributed by atoms with E-state index < -0.39 is 16.9 Å². The van der Waals surface area contributed by atoms with Gasteiger partial charge in [-0.25, -0.2) is 4.79 Å². The lowest BCUT2D eigenvalue weighted by Gasteiger charge is -2.52. The average Bonchev–Trinajstić information content (AvgIpc) is 3.48. The van der Waals surface area contributed by atoms with Crippen LogP contribution in [0.2, 0.25) is 0 Å². The van der Waals surface area contributed by atoms with E-state index in [-0.39, 0.29) is 28.2 Å². The van der Waals surface area contributed by atoms with Crippen LogP contribution in [0.25, 0.3) is 5.57 Å². The zero-order valence-corrected chi connectivity index (χ0v) is 26.3. The smallest absolute Gasteiger partial charge is 0.335 e. The van der Waals surface area contributed by atoms with Gasteiger partial charge in [0.1, 0.15) is 0 Å². The predicted octanol–water partition coefficient (Wildman–Crippen LogP) is 5.80. The van der Waals surface area contributed by atoms with Crippen molar-refractivity contribution in [1.82, 2.24) is 9.80 Å². The van der Waals surface area contributed by atoms with E-state index in [4.69, 9.17) is 5.73 Å². The number of carboxylic acid groups (broad SMARTS) is 1. The molecule has 232 valence electrons. The SMILES string of the molecule is CC1(C)C(c2ccc(C(=O)O)cc2)=CC[C@]2(C)CN(C(=O)C3(c4ccccc4)CCN(C(=O)C4(N)CCCC4)CC3)CC=C12. The van der Waals surface area contributed by atoms with Gasteiger partial charge in [-0.2, -0.15) is 0 Å². The third-order valence-electron chi connectivity index (χ3n) is 11.1. The van der Waals surface area contributed by atoms with Crippen LogP contribution in [0.4, 0.5) is 0 Å². The highest BCUT2D eigenvalue weighted by Gasteiger charge is 2.51. The number of piperidine rings is 1. The van der Waals surface area contributed by atoms with Crippen LogP contribution in [0.15, 0.2) is 72.3 Å². The van der Waals surface area contributed by atoms with Crippen molar-refractivity contribution in [1.29, 1.82) is 0 Å². The summed E-state index contributed by atoms with van der Waals surface area (Å²) >= 11 is 0. The summed E-state index contributed by atoms with van der Waals surface area (Å²) in [5, 5.41) is 9.35.